The van der Waals surface area contributed by atoms with Crippen molar-refractivity contribution in [3.8, 4) is 17.2 Å². The maximum atomic E-state index is 13.2. The maximum Gasteiger partial charge on any atom is 0.203 e. The number of allylic oxidation sites excluding steroid dienone is 1. The topological polar surface area (TPSA) is 56.8 Å². The molecule has 158 valence electrons. The predicted octanol–water partition coefficient (Wildman–Crippen LogP) is 5.54. The third-order valence-electron chi connectivity index (χ3n) is 6.30. The normalized spacial score (nSPS) is 17.6. The van der Waals surface area contributed by atoms with Gasteiger partial charge in [0.1, 0.15) is 0 Å². The molecule has 1 aliphatic carbocycles. The van der Waals surface area contributed by atoms with Crippen LogP contribution in [0.3, 0.4) is 0 Å². The number of rotatable bonds is 4. The highest BCUT2D eigenvalue weighted by Gasteiger charge is 2.35. The Morgan fingerprint density at radius 1 is 0.903 bits per heavy atom. The highest BCUT2D eigenvalue weighted by Crippen LogP contribution is 2.49. The first-order valence-electron chi connectivity index (χ1n) is 10.5. The van der Waals surface area contributed by atoms with Crippen LogP contribution in [-0.4, -0.2) is 27.1 Å². The number of hydrogen-bond donors (Lipinski definition) is 1. The monoisotopic (exact) mass is 415 g/mol. The molecule has 5 heteroatoms. The Morgan fingerprint density at radius 2 is 1.65 bits per heavy atom. The molecule has 1 heterocycles. The second kappa shape index (κ2) is 7.65. The molecule has 0 fully saturated rings. The summed E-state index contributed by atoms with van der Waals surface area (Å²) in [5.74, 6) is 1.90. The molecule has 1 aliphatic heterocycles. The number of carbonyl (C=O) groups is 1. The molecule has 0 radical (unpaired) electrons. The molecule has 3 aromatic carbocycles. The summed E-state index contributed by atoms with van der Waals surface area (Å²) in [6.07, 6.45) is 2.34. The van der Waals surface area contributed by atoms with Gasteiger partial charge in [-0.2, -0.15) is 0 Å². The van der Waals surface area contributed by atoms with E-state index in [1.165, 1.54) is 10.8 Å². The molecule has 0 bridgehead atoms. The van der Waals surface area contributed by atoms with Crippen LogP contribution < -0.4 is 19.5 Å². The average Bonchev–Trinajstić information content (AvgIpc) is 2.82. The third-order valence-corrected chi connectivity index (χ3v) is 6.30. The number of methoxy groups -OCH3 is 3. The van der Waals surface area contributed by atoms with E-state index in [1.807, 2.05) is 18.2 Å². The van der Waals surface area contributed by atoms with Crippen molar-refractivity contribution in [3.63, 3.8) is 0 Å². The van der Waals surface area contributed by atoms with Crippen molar-refractivity contribution >= 4 is 27.8 Å². The zero-order valence-corrected chi connectivity index (χ0v) is 18.0. The summed E-state index contributed by atoms with van der Waals surface area (Å²) in [6.45, 7) is 0. The lowest BCUT2D eigenvalue weighted by Gasteiger charge is -2.35. The first-order chi connectivity index (χ1) is 15.2. The van der Waals surface area contributed by atoms with E-state index < -0.39 is 0 Å². The molecule has 5 nitrogen and oxygen atoms in total. The average molecular weight is 415 g/mol. The smallest absolute Gasteiger partial charge is 0.203 e. The van der Waals surface area contributed by atoms with Crippen molar-refractivity contribution < 1.29 is 19.0 Å². The molecular formula is C26H25NO4. The summed E-state index contributed by atoms with van der Waals surface area (Å²) in [5.41, 5.74) is 5.12. The van der Waals surface area contributed by atoms with E-state index in [0.717, 1.165) is 40.8 Å². The van der Waals surface area contributed by atoms with Crippen LogP contribution in [0.5, 0.6) is 17.2 Å². The first-order valence-corrected chi connectivity index (χ1v) is 10.5. The largest absolute Gasteiger partial charge is 0.493 e. The van der Waals surface area contributed by atoms with Gasteiger partial charge in [0.15, 0.2) is 17.3 Å². The van der Waals surface area contributed by atoms with Gasteiger partial charge >= 0.3 is 0 Å². The van der Waals surface area contributed by atoms with Gasteiger partial charge in [0.05, 0.1) is 27.4 Å². The van der Waals surface area contributed by atoms with E-state index in [1.54, 1.807) is 21.3 Å². The highest BCUT2D eigenvalue weighted by molar-refractivity contribution is 6.12. The Labute approximate surface area is 181 Å². The van der Waals surface area contributed by atoms with Gasteiger partial charge in [-0.15, -0.1) is 0 Å². The van der Waals surface area contributed by atoms with Gasteiger partial charge in [0.25, 0.3) is 0 Å². The summed E-state index contributed by atoms with van der Waals surface area (Å²) in [7, 11) is 4.80. The van der Waals surface area contributed by atoms with Crippen LogP contribution in [0.25, 0.3) is 16.3 Å². The van der Waals surface area contributed by atoms with Gasteiger partial charge in [-0.3, -0.25) is 4.79 Å². The molecule has 0 saturated heterocycles. The summed E-state index contributed by atoms with van der Waals surface area (Å²) in [5, 5.41) is 6.00. The van der Waals surface area contributed by atoms with Crippen LogP contribution in [0, 0.1) is 0 Å². The van der Waals surface area contributed by atoms with E-state index in [9.17, 15) is 4.79 Å². The van der Waals surface area contributed by atoms with Crippen LogP contribution in [-0.2, 0) is 4.79 Å². The standard InChI is InChI=1S/C26H25NO4/c1-29-21-13-16(14-22(30-2)26(21)31-3)25-24-18(9-6-10-20(24)28)23-17-8-5-4-7-15(17)11-12-19(23)27-25/h4-5,7-8,11-14,25,27H,6,9-10H2,1-3H3/t25-/m1/s1. The number of ether oxygens (including phenoxy) is 3. The number of hydrogen-bond acceptors (Lipinski definition) is 5. The summed E-state index contributed by atoms with van der Waals surface area (Å²) in [6, 6.07) is 16.2. The SMILES string of the molecule is COc1cc([C@H]2Nc3ccc4ccccc4c3C3=C2C(=O)CCC3)cc(OC)c1OC. The summed E-state index contributed by atoms with van der Waals surface area (Å²) in [4.78, 5) is 13.2. The van der Waals surface area contributed by atoms with Crippen LogP contribution in [0.2, 0.25) is 0 Å². The third kappa shape index (κ3) is 3.03. The van der Waals surface area contributed by atoms with Crippen molar-refractivity contribution in [2.75, 3.05) is 26.6 Å². The predicted molar refractivity (Wildman–Crippen MR) is 122 cm³/mol. The lowest BCUT2D eigenvalue weighted by Crippen LogP contribution is -2.27. The molecular weight excluding hydrogens is 390 g/mol. The first kappa shape index (κ1) is 19.5. The van der Waals surface area contributed by atoms with E-state index >= 15 is 0 Å². The fourth-order valence-electron chi connectivity index (χ4n) is 4.92. The van der Waals surface area contributed by atoms with Crippen molar-refractivity contribution in [1.29, 1.82) is 0 Å². The van der Waals surface area contributed by atoms with E-state index in [-0.39, 0.29) is 11.8 Å². The molecule has 0 unspecified atom stereocenters. The molecule has 31 heavy (non-hydrogen) atoms. The highest BCUT2D eigenvalue weighted by atomic mass is 16.5. The van der Waals surface area contributed by atoms with Gasteiger partial charge < -0.3 is 19.5 Å². The number of Topliss-reactive ketones (excluding diaryl/α,β-unsaturated/α-hetero) is 1. The molecule has 5 rings (SSSR count). The lowest BCUT2D eigenvalue weighted by molar-refractivity contribution is -0.116. The minimum Gasteiger partial charge on any atom is -0.493 e. The maximum absolute atomic E-state index is 13.2. The molecule has 2 aliphatic rings. The Balaban J connectivity index is 1.75. The van der Waals surface area contributed by atoms with Crippen LogP contribution in [0.1, 0.15) is 36.4 Å². The van der Waals surface area contributed by atoms with Crippen LogP contribution in [0.4, 0.5) is 5.69 Å². The Hall–Kier alpha value is -3.47. The number of ketones is 1. The molecule has 0 aromatic heterocycles. The minimum atomic E-state index is -0.273. The number of fused-ring (bicyclic) bond motifs is 4. The fourth-order valence-corrected chi connectivity index (χ4v) is 4.92. The fraction of sp³-hybridized carbons (Fsp3) is 0.269. The van der Waals surface area contributed by atoms with Crippen molar-refractivity contribution in [2.45, 2.75) is 25.3 Å². The molecule has 1 atom stereocenters. The molecule has 0 spiro atoms. The lowest BCUT2D eigenvalue weighted by atomic mass is 9.76. The van der Waals surface area contributed by atoms with Crippen molar-refractivity contribution in [1.82, 2.24) is 0 Å². The zero-order chi connectivity index (χ0) is 21.5. The number of nitrogens with one attached hydrogen (secondary N) is 1. The molecule has 1 N–H and O–H groups in total. The number of anilines is 1. The second-order valence-corrected chi connectivity index (χ2v) is 7.91. The summed E-state index contributed by atoms with van der Waals surface area (Å²) >= 11 is 0. The van der Waals surface area contributed by atoms with E-state index in [0.29, 0.717) is 23.7 Å². The van der Waals surface area contributed by atoms with Crippen molar-refractivity contribution in [3.05, 3.63) is 65.2 Å². The quantitative estimate of drug-likeness (QED) is 0.606. The second-order valence-electron chi connectivity index (χ2n) is 7.91. The van der Waals surface area contributed by atoms with Gasteiger partial charge in [-0.05, 0) is 52.9 Å². The van der Waals surface area contributed by atoms with Gasteiger partial charge in [0, 0.05) is 23.2 Å². The summed E-state index contributed by atoms with van der Waals surface area (Å²) < 4.78 is 16.6. The van der Waals surface area contributed by atoms with Crippen molar-refractivity contribution in [2.24, 2.45) is 0 Å². The van der Waals surface area contributed by atoms with Crippen LogP contribution in [0.15, 0.2) is 54.1 Å². The number of benzene rings is 3. The number of carbonyl (C=O) groups excluding carboxylic acids is 1. The Kier molecular flexibility index (Phi) is 4.81. The molecule has 0 saturated carbocycles. The van der Waals surface area contributed by atoms with Gasteiger partial charge in [0.2, 0.25) is 5.75 Å². The van der Waals surface area contributed by atoms with Gasteiger partial charge in [-0.25, -0.2) is 0 Å². The van der Waals surface area contributed by atoms with E-state index in [4.69, 9.17) is 14.2 Å². The Bertz CT molecular complexity index is 1200. The van der Waals surface area contributed by atoms with Gasteiger partial charge in [-0.1, -0.05) is 30.3 Å². The van der Waals surface area contributed by atoms with Crippen LogP contribution >= 0.6 is 0 Å². The van der Waals surface area contributed by atoms with E-state index in [2.05, 4.69) is 35.6 Å². The minimum absolute atomic E-state index is 0.200. The molecule has 0 amide bonds. The molecule has 3 aromatic rings. The zero-order valence-electron chi connectivity index (χ0n) is 18.0. The Morgan fingerprint density at radius 3 is 2.35 bits per heavy atom.